The number of ether oxygens (including phenoxy) is 1. The molecule has 0 radical (unpaired) electrons. The standard InChI is InChI=1S/C15H13F6NO3/c16-14(17,18)13(15(19,20)21)25-11-6-22(7-11)12(24)5-9-2-1-3-10(4-9)8-23/h1-4,8,11,13H,5-7H2. The second-order valence-corrected chi connectivity index (χ2v) is 5.56. The van der Waals surface area contributed by atoms with E-state index in [1.54, 1.807) is 12.1 Å². The lowest BCUT2D eigenvalue weighted by Gasteiger charge is -2.41. The molecule has 0 aliphatic carbocycles. The third kappa shape index (κ3) is 4.94. The largest absolute Gasteiger partial charge is 0.423 e. The molecular weight excluding hydrogens is 356 g/mol. The van der Waals surface area contributed by atoms with Crippen LogP contribution in [0, 0.1) is 0 Å². The fourth-order valence-corrected chi connectivity index (χ4v) is 2.32. The summed E-state index contributed by atoms with van der Waals surface area (Å²) in [6.07, 6.45) is -15.9. The summed E-state index contributed by atoms with van der Waals surface area (Å²) in [5.41, 5.74) is 0.871. The Bertz CT molecular complexity index is 623. The fourth-order valence-electron chi connectivity index (χ4n) is 2.32. The van der Waals surface area contributed by atoms with Gasteiger partial charge in [0.2, 0.25) is 12.0 Å². The Hall–Kier alpha value is -2.10. The lowest BCUT2D eigenvalue weighted by Crippen LogP contribution is -2.59. The van der Waals surface area contributed by atoms with E-state index in [4.69, 9.17) is 0 Å². The zero-order valence-corrected chi connectivity index (χ0v) is 12.6. The Kier molecular flexibility index (Phi) is 5.40. The molecule has 1 saturated heterocycles. The number of halogens is 6. The first-order chi connectivity index (χ1) is 11.5. The molecule has 0 aromatic heterocycles. The molecule has 1 heterocycles. The molecular formula is C15H13F6NO3. The quantitative estimate of drug-likeness (QED) is 0.592. The van der Waals surface area contributed by atoms with Crippen molar-refractivity contribution in [3.63, 3.8) is 0 Å². The molecule has 4 nitrogen and oxygen atoms in total. The monoisotopic (exact) mass is 369 g/mol. The molecule has 1 fully saturated rings. The molecule has 138 valence electrons. The van der Waals surface area contributed by atoms with Gasteiger partial charge in [-0.05, 0) is 11.6 Å². The van der Waals surface area contributed by atoms with Crippen LogP contribution < -0.4 is 0 Å². The average molecular weight is 369 g/mol. The summed E-state index contributed by atoms with van der Waals surface area (Å²) < 4.78 is 78.5. The van der Waals surface area contributed by atoms with Crippen molar-refractivity contribution in [2.24, 2.45) is 0 Å². The smallest absolute Gasteiger partial charge is 0.354 e. The van der Waals surface area contributed by atoms with Gasteiger partial charge in [0.05, 0.1) is 12.5 Å². The highest BCUT2D eigenvalue weighted by molar-refractivity contribution is 5.81. The number of carbonyl (C=O) groups excluding carboxylic acids is 2. The number of hydrogen-bond acceptors (Lipinski definition) is 3. The Morgan fingerprint density at radius 1 is 1.20 bits per heavy atom. The van der Waals surface area contributed by atoms with Crippen molar-refractivity contribution in [1.82, 2.24) is 4.90 Å². The van der Waals surface area contributed by atoms with Crippen molar-refractivity contribution in [3.05, 3.63) is 35.4 Å². The Morgan fingerprint density at radius 3 is 2.32 bits per heavy atom. The topological polar surface area (TPSA) is 46.6 Å². The summed E-state index contributed by atoms with van der Waals surface area (Å²) in [6.45, 7) is -0.705. The molecule has 0 unspecified atom stereocenters. The minimum absolute atomic E-state index is 0.115. The number of amides is 1. The van der Waals surface area contributed by atoms with E-state index < -0.39 is 30.5 Å². The lowest BCUT2D eigenvalue weighted by atomic mass is 10.1. The number of hydrogen-bond donors (Lipinski definition) is 0. The summed E-state index contributed by atoms with van der Waals surface area (Å²) in [5, 5.41) is 0. The van der Waals surface area contributed by atoms with E-state index in [2.05, 4.69) is 4.74 Å². The van der Waals surface area contributed by atoms with Crippen LogP contribution in [0.15, 0.2) is 24.3 Å². The van der Waals surface area contributed by atoms with Crippen molar-refractivity contribution in [2.75, 3.05) is 13.1 Å². The van der Waals surface area contributed by atoms with Gasteiger partial charge in [0.1, 0.15) is 6.29 Å². The maximum absolute atomic E-state index is 12.4. The molecule has 1 aromatic carbocycles. The van der Waals surface area contributed by atoms with Gasteiger partial charge >= 0.3 is 12.4 Å². The van der Waals surface area contributed by atoms with Crippen LogP contribution in [0.25, 0.3) is 0 Å². The Morgan fingerprint density at radius 2 is 1.80 bits per heavy atom. The van der Waals surface area contributed by atoms with Crippen LogP contribution in [0.2, 0.25) is 0 Å². The molecule has 0 saturated carbocycles. The van der Waals surface area contributed by atoms with Crippen molar-refractivity contribution in [2.45, 2.75) is 31.0 Å². The summed E-state index contributed by atoms with van der Waals surface area (Å²) >= 11 is 0. The summed E-state index contributed by atoms with van der Waals surface area (Å²) in [5.74, 6) is -0.474. The van der Waals surface area contributed by atoms with E-state index in [1.807, 2.05) is 0 Å². The first-order valence-corrected chi connectivity index (χ1v) is 7.11. The van der Waals surface area contributed by atoms with E-state index in [-0.39, 0.29) is 19.5 Å². The number of nitrogens with zero attached hydrogens (tertiary/aromatic N) is 1. The number of carbonyl (C=O) groups is 2. The van der Waals surface area contributed by atoms with E-state index in [0.29, 0.717) is 17.4 Å². The molecule has 1 aliphatic heterocycles. The zero-order valence-electron chi connectivity index (χ0n) is 12.6. The van der Waals surface area contributed by atoms with Gasteiger partial charge in [-0.25, -0.2) is 0 Å². The second kappa shape index (κ2) is 7.03. The second-order valence-electron chi connectivity index (χ2n) is 5.56. The molecule has 1 aliphatic rings. The number of benzene rings is 1. The molecule has 25 heavy (non-hydrogen) atoms. The van der Waals surface area contributed by atoms with Crippen LogP contribution in [-0.2, 0) is 16.0 Å². The predicted octanol–water partition coefficient (Wildman–Crippen LogP) is 2.76. The SMILES string of the molecule is O=Cc1cccc(CC(=O)N2CC(OC(C(F)(F)F)C(F)(F)F)C2)c1. The van der Waals surface area contributed by atoms with Crippen LogP contribution >= 0.6 is 0 Å². The molecule has 0 atom stereocenters. The maximum Gasteiger partial charge on any atom is 0.423 e. The van der Waals surface area contributed by atoms with Crippen LogP contribution in [0.4, 0.5) is 26.3 Å². The van der Waals surface area contributed by atoms with E-state index in [1.165, 1.54) is 12.1 Å². The third-order valence-electron chi connectivity index (χ3n) is 3.57. The minimum atomic E-state index is -5.57. The van der Waals surface area contributed by atoms with Gasteiger partial charge in [-0.15, -0.1) is 0 Å². The highest BCUT2D eigenvalue weighted by Gasteiger charge is 2.59. The van der Waals surface area contributed by atoms with Gasteiger partial charge in [-0.2, -0.15) is 26.3 Å². The molecule has 1 aromatic rings. The summed E-state index contributed by atoms with van der Waals surface area (Å²) in [7, 11) is 0. The summed E-state index contributed by atoms with van der Waals surface area (Å²) in [4.78, 5) is 23.7. The number of likely N-dealkylation sites (tertiary alicyclic amines) is 1. The van der Waals surface area contributed by atoms with E-state index in [0.717, 1.165) is 4.90 Å². The van der Waals surface area contributed by atoms with Gasteiger partial charge in [0.15, 0.2) is 0 Å². The highest BCUT2D eigenvalue weighted by atomic mass is 19.4. The molecule has 1 amide bonds. The first kappa shape index (κ1) is 19.2. The normalized spacial score (nSPS) is 16.0. The van der Waals surface area contributed by atoms with E-state index >= 15 is 0 Å². The number of aldehydes is 1. The van der Waals surface area contributed by atoms with Crippen LogP contribution in [-0.4, -0.2) is 54.7 Å². The van der Waals surface area contributed by atoms with Crippen LogP contribution in [0.1, 0.15) is 15.9 Å². The van der Waals surface area contributed by atoms with Crippen molar-refractivity contribution < 1.29 is 40.7 Å². The molecule has 2 rings (SSSR count). The fraction of sp³-hybridized carbons (Fsp3) is 0.467. The Labute approximate surface area is 138 Å². The predicted molar refractivity (Wildman–Crippen MR) is 72.9 cm³/mol. The molecule has 10 heteroatoms. The number of alkyl halides is 6. The van der Waals surface area contributed by atoms with Crippen LogP contribution in [0.5, 0.6) is 0 Å². The van der Waals surface area contributed by atoms with Gasteiger partial charge in [-0.3, -0.25) is 9.59 Å². The summed E-state index contributed by atoms with van der Waals surface area (Å²) in [6, 6.07) is 6.15. The Balaban J connectivity index is 1.88. The van der Waals surface area contributed by atoms with E-state index in [9.17, 15) is 35.9 Å². The maximum atomic E-state index is 12.4. The van der Waals surface area contributed by atoms with Crippen LogP contribution in [0.3, 0.4) is 0 Å². The average Bonchev–Trinajstić information content (AvgIpc) is 2.43. The van der Waals surface area contributed by atoms with Crippen molar-refractivity contribution in [1.29, 1.82) is 0 Å². The number of rotatable bonds is 5. The lowest BCUT2D eigenvalue weighted by molar-refractivity contribution is -0.336. The molecule has 0 bridgehead atoms. The van der Waals surface area contributed by atoms with Gasteiger partial charge in [0.25, 0.3) is 0 Å². The zero-order chi connectivity index (χ0) is 18.8. The van der Waals surface area contributed by atoms with Crippen molar-refractivity contribution >= 4 is 12.2 Å². The molecule has 0 N–H and O–H groups in total. The molecule has 0 spiro atoms. The highest BCUT2D eigenvalue weighted by Crippen LogP contribution is 2.37. The van der Waals surface area contributed by atoms with Crippen molar-refractivity contribution in [3.8, 4) is 0 Å². The first-order valence-electron chi connectivity index (χ1n) is 7.11. The third-order valence-corrected chi connectivity index (χ3v) is 3.57. The van der Waals surface area contributed by atoms with Gasteiger partial charge < -0.3 is 9.64 Å². The van der Waals surface area contributed by atoms with Gasteiger partial charge in [0, 0.05) is 18.7 Å². The minimum Gasteiger partial charge on any atom is -0.354 e. The van der Waals surface area contributed by atoms with Gasteiger partial charge in [-0.1, -0.05) is 18.2 Å².